The minimum Gasteiger partial charge on any atom is -0.456 e. The van der Waals surface area contributed by atoms with Crippen LogP contribution in [0.5, 0.6) is 0 Å². The van der Waals surface area contributed by atoms with Crippen LogP contribution >= 0.6 is 0 Å². The lowest BCUT2D eigenvalue weighted by Gasteiger charge is -2.32. The Morgan fingerprint density at radius 3 is 1.44 bits per heavy atom. The van der Waals surface area contributed by atoms with Crippen LogP contribution in [0.4, 0.5) is 0 Å². The maximum absolute atomic E-state index is 6.28. The third-order valence-corrected chi connectivity index (χ3v) is 12.9. The first-order valence-corrected chi connectivity index (χ1v) is 21.1. The summed E-state index contributed by atoms with van der Waals surface area (Å²) in [7, 11) is 0. The number of rotatable bonds is 5. The lowest BCUT2D eigenvalue weighted by Crippen LogP contribution is -2.26. The summed E-state index contributed by atoms with van der Waals surface area (Å²) in [6.45, 7) is 0. The summed E-state index contributed by atoms with van der Waals surface area (Å²) in [5.74, 6) is 1.81. The molecule has 0 atom stereocenters. The van der Waals surface area contributed by atoms with E-state index in [0.717, 1.165) is 49.8 Å². The molecule has 1 spiro atoms. The van der Waals surface area contributed by atoms with Crippen LogP contribution in [0.1, 0.15) is 22.3 Å². The number of benzene rings is 9. The van der Waals surface area contributed by atoms with Gasteiger partial charge in [0.05, 0.1) is 5.41 Å². The molecule has 0 amide bonds. The highest BCUT2D eigenvalue weighted by Gasteiger charge is 2.52. The average molecular weight is 790 g/mol. The Morgan fingerprint density at radius 2 is 0.742 bits per heavy atom. The molecule has 13 rings (SSSR count). The van der Waals surface area contributed by atoms with Crippen LogP contribution in [0.15, 0.2) is 217 Å². The predicted molar refractivity (Wildman–Crippen MR) is 251 cm³/mol. The number of hydrogen-bond acceptors (Lipinski definition) is 4. The summed E-state index contributed by atoms with van der Waals surface area (Å²) in [4.78, 5) is 15.2. The fourth-order valence-electron chi connectivity index (χ4n) is 10.3. The second-order valence-electron chi connectivity index (χ2n) is 16.3. The van der Waals surface area contributed by atoms with Gasteiger partial charge in [-0.15, -0.1) is 0 Å². The molecule has 0 fully saturated rings. The molecule has 11 aromatic rings. The van der Waals surface area contributed by atoms with Crippen molar-refractivity contribution >= 4 is 21.9 Å². The second kappa shape index (κ2) is 13.4. The van der Waals surface area contributed by atoms with E-state index < -0.39 is 5.41 Å². The zero-order valence-corrected chi connectivity index (χ0v) is 33.5. The standard InChI is InChI=1S/C58H35N3O/c1-2-15-36(16-3-1)55-59-56(61-57(60-55)41-31-32-47-46-24-7-11-30-52(46)62-53(47)35-41)40-20-13-18-38(34-40)37-17-12-19-39(33-37)42-25-14-26-48-45-23-6-10-29-51(45)58(54(42)48)49-27-8-4-21-43(49)44-22-5-9-28-50(44)58/h1-35H. The number of fused-ring (bicyclic) bond motifs is 13. The number of furan rings is 1. The van der Waals surface area contributed by atoms with E-state index in [-0.39, 0.29) is 0 Å². The van der Waals surface area contributed by atoms with Crippen molar-refractivity contribution in [1.82, 2.24) is 15.0 Å². The van der Waals surface area contributed by atoms with Gasteiger partial charge in [0.15, 0.2) is 17.5 Å². The van der Waals surface area contributed by atoms with Gasteiger partial charge < -0.3 is 4.42 Å². The largest absolute Gasteiger partial charge is 0.456 e. The molecule has 0 saturated carbocycles. The summed E-state index contributed by atoms with van der Waals surface area (Å²) >= 11 is 0. The number of nitrogens with zero attached hydrogens (tertiary/aromatic N) is 3. The zero-order chi connectivity index (χ0) is 40.8. The Kier molecular flexibility index (Phi) is 7.49. The van der Waals surface area contributed by atoms with Crippen molar-refractivity contribution in [2.45, 2.75) is 5.41 Å². The van der Waals surface area contributed by atoms with Gasteiger partial charge in [0.2, 0.25) is 0 Å². The van der Waals surface area contributed by atoms with Crippen molar-refractivity contribution in [3.8, 4) is 78.7 Å². The first kappa shape index (κ1) is 34.6. The number of hydrogen-bond donors (Lipinski definition) is 0. The normalized spacial score (nSPS) is 13.0. The van der Waals surface area contributed by atoms with Crippen molar-refractivity contribution in [1.29, 1.82) is 0 Å². The van der Waals surface area contributed by atoms with Crippen molar-refractivity contribution in [3.05, 3.63) is 235 Å². The molecule has 2 aliphatic carbocycles. The van der Waals surface area contributed by atoms with E-state index in [4.69, 9.17) is 19.4 Å². The first-order valence-electron chi connectivity index (χ1n) is 21.1. The monoisotopic (exact) mass is 789 g/mol. The van der Waals surface area contributed by atoms with Crippen LogP contribution in [-0.4, -0.2) is 15.0 Å². The van der Waals surface area contributed by atoms with Gasteiger partial charge in [-0.1, -0.05) is 182 Å². The van der Waals surface area contributed by atoms with Gasteiger partial charge in [-0.3, -0.25) is 0 Å². The van der Waals surface area contributed by atoms with Gasteiger partial charge >= 0.3 is 0 Å². The molecule has 0 radical (unpaired) electrons. The molecule has 0 saturated heterocycles. The maximum Gasteiger partial charge on any atom is 0.164 e. The molecule has 2 aliphatic rings. The smallest absolute Gasteiger partial charge is 0.164 e. The Bertz CT molecular complexity index is 3540. The maximum atomic E-state index is 6.28. The van der Waals surface area contributed by atoms with E-state index >= 15 is 0 Å². The fourth-order valence-corrected chi connectivity index (χ4v) is 10.3. The highest BCUT2D eigenvalue weighted by atomic mass is 16.3. The van der Waals surface area contributed by atoms with E-state index in [0.29, 0.717) is 17.5 Å². The van der Waals surface area contributed by atoms with E-state index in [1.807, 2.05) is 54.6 Å². The molecule has 9 aromatic carbocycles. The van der Waals surface area contributed by atoms with Gasteiger partial charge in [0.25, 0.3) is 0 Å². The van der Waals surface area contributed by atoms with Crippen LogP contribution in [0.2, 0.25) is 0 Å². The van der Waals surface area contributed by atoms with Gasteiger partial charge in [0, 0.05) is 27.5 Å². The fraction of sp³-hybridized carbons (Fsp3) is 0.0172. The summed E-state index contributed by atoms with van der Waals surface area (Å²) in [5.41, 5.74) is 19.1. The Morgan fingerprint density at radius 1 is 0.290 bits per heavy atom. The molecular formula is C58H35N3O. The molecule has 2 aromatic heterocycles. The quantitative estimate of drug-likeness (QED) is 0.174. The molecular weight excluding hydrogens is 755 g/mol. The van der Waals surface area contributed by atoms with Gasteiger partial charge in [-0.05, 0) is 97.1 Å². The van der Waals surface area contributed by atoms with Crippen molar-refractivity contribution in [3.63, 3.8) is 0 Å². The lowest BCUT2D eigenvalue weighted by atomic mass is 9.68. The molecule has 288 valence electrons. The average Bonchev–Trinajstić information content (AvgIpc) is 3.98. The molecule has 4 nitrogen and oxygen atoms in total. The SMILES string of the molecule is c1ccc(-c2nc(-c3cccc(-c4cccc(-c5cccc6c5C5(c7ccccc7-c7ccccc75)c5ccccc5-6)c4)c3)nc(-c3ccc4c(c3)oc3ccccc34)n2)cc1. The number of aromatic nitrogens is 3. The van der Waals surface area contributed by atoms with E-state index in [1.54, 1.807) is 0 Å². The van der Waals surface area contributed by atoms with Crippen molar-refractivity contribution < 1.29 is 4.42 Å². The van der Waals surface area contributed by atoms with Crippen LogP contribution in [0.3, 0.4) is 0 Å². The molecule has 0 N–H and O–H groups in total. The van der Waals surface area contributed by atoms with Crippen LogP contribution < -0.4 is 0 Å². The van der Waals surface area contributed by atoms with Crippen LogP contribution in [0, 0.1) is 0 Å². The molecule has 0 aliphatic heterocycles. The summed E-state index contributed by atoms with van der Waals surface area (Å²) < 4.78 is 6.28. The van der Waals surface area contributed by atoms with Gasteiger partial charge in [-0.2, -0.15) is 0 Å². The molecule has 62 heavy (non-hydrogen) atoms. The molecule has 4 heteroatoms. The van der Waals surface area contributed by atoms with Gasteiger partial charge in [0.1, 0.15) is 11.2 Å². The van der Waals surface area contributed by atoms with E-state index in [1.165, 1.54) is 55.6 Å². The highest BCUT2D eigenvalue weighted by molar-refractivity contribution is 6.06. The molecule has 0 bridgehead atoms. The third kappa shape index (κ3) is 5.04. The van der Waals surface area contributed by atoms with E-state index in [2.05, 4.69) is 158 Å². The minimum atomic E-state index is -0.437. The van der Waals surface area contributed by atoms with Crippen LogP contribution in [-0.2, 0) is 5.41 Å². The lowest BCUT2D eigenvalue weighted by molar-refractivity contribution is 0.669. The minimum absolute atomic E-state index is 0.437. The van der Waals surface area contributed by atoms with Crippen molar-refractivity contribution in [2.24, 2.45) is 0 Å². The second-order valence-corrected chi connectivity index (χ2v) is 16.3. The Hall–Kier alpha value is -8.21. The van der Waals surface area contributed by atoms with Gasteiger partial charge in [-0.25, -0.2) is 15.0 Å². The van der Waals surface area contributed by atoms with Crippen LogP contribution in [0.25, 0.3) is 101 Å². The van der Waals surface area contributed by atoms with Crippen molar-refractivity contribution in [2.75, 3.05) is 0 Å². The molecule has 2 heterocycles. The summed E-state index contributed by atoms with van der Waals surface area (Å²) in [5, 5.41) is 2.15. The third-order valence-electron chi connectivity index (χ3n) is 12.9. The highest BCUT2D eigenvalue weighted by Crippen LogP contribution is 2.64. The topological polar surface area (TPSA) is 51.8 Å². The summed E-state index contributed by atoms with van der Waals surface area (Å²) in [6, 6.07) is 75.8. The Labute approximate surface area is 358 Å². The first-order chi connectivity index (χ1) is 30.7. The van der Waals surface area contributed by atoms with E-state index in [9.17, 15) is 0 Å². The number of para-hydroxylation sites is 1. The molecule has 0 unspecified atom stereocenters. The predicted octanol–water partition coefficient (Wildman–Crippen LogP) is 14.4. The zero-order valence-electron chi connectivity index (χ0n) is 33.5. The summed E-state index contributed by atoms with van der Waals surface area (Å²) in [6.07, 6.45) is 0. The Balaban J connectivity index is 0.947.